The Morgan fingerprint density at radius 3 is 2.50 bits per heavy atom. The van der Waals surface area contributed by atoms with Crippen molar-refractivity contribution in [1.82, 2.24) is 9.80 Å². The number of unbranched alkanes of at least 4 members (excludes halogenated alkanes) is 2. The van der Waals surface area contributed by atoms with E-state index in [-0.39, 0.29) is 37.0 Å². The van der Waals surface area contributed by atoms with Gasteiger partial charge in [0.1, 0.15) is 6.10 Å². The molecule has 0 aromatic heterocycles. The van der Waals surface area contributed by atoms with Crippen molar-refractivity contribution in [2.24, 2.45) is 0 Å². The van der Waals surface area contributed by atoms with Gasteiger partial charge in [-0.1, -0.05) is 25.3 Å². The molecule has 1 aliphatic heterocycles. The van der Waals surface area contributed by atoms with Crippen LogP contribution in [0.5, 0.6) is 11.5 Å². The lowest BCUT2D eigenvalue weighted by Gasteiger charge is -2.37. The third kappa shape index (κ3) is 11.3. The van der Waals surface area contributed by atoms with Gasteiger partial charge in [0.05, 0.1) is 32.7 Å². The molecule has 42 heavy (non-hydrogen) atoms. The Bertz CT molecular complexity index is 1110. The summed E-state index contributed by atoms with van der Waals surface area (Å²) in [5.41, 5.74) is 1.14. The molecular weight excluding hydrogens is 564 g/mol. The van der Waals surface area contributed by atoms with Crippen LogP contribution in [0.15, 0.2) is 18.2 Å². The third-order valence-electron chi connectivity index (χ3n) is 8.16. The fraction of sp³-hybridized carbons (Fsp3) is 0.733. The normalized spacial score (nSPS) is 21.2. The second-order valence-electron chi connectivity index (χ2n) is 11.3. The molecule has 11 nitrogen and oxygen atoms in total. The molecule has 3 rings (SSSR count). The summed E-state index contributed by atoms with van der Waals surface area (Å²) in [6.07, 6.45) is 8.68. The number of benzene rings is 1. The molecule has 0 spiro atoms. The van der Waals surface area contributed by atoms with Gasteiger partial charge in [0, 0.05) is 45.6 Å². The Morgan fingerprint density at radius 2 is 1.76 bits per heavy atom. The fourth-order valence-corrected chi connectivity index (χ4v) is 6.24. The maximum Gasteiger partial charge on any atom is 0.306 e. The summed E-state index contributed by atoms with van der Waals surface area (Å²) in [4.78, 5) is 28.3. The first-order chi connectivity index (χ1) is 20.1. The van der Waals surface area contributed by atoms with Crippen molar-refractivity contribution in [2.75, 3.05) is 53.3 Å². The first kappa shape index (κ1) is 34.1. The quantitative estimate of drug-likeness (QED) is 0.158. The first-order valence-corrected chi connectivity index (χ1v) is 16.7. The minimum Gasteiger partial charge on any atom is -0.493 e. The number of amides is 1. The SMILES string of the molecule is COc1ccc(CCO[C@H]2CCCC[C@@H]2N2CC[C@H](OC(=O)CCCCCC(=O)N(C)CCS(=O)(=O)O)C2)cc1OC. The van der Waals surface area contributed by atoms with E-state index in [4.69, 9.17) is 23.5 Å². The molecule has 1 aliphatic carbocycles. The average molecular weight is 613 g/mol. The Hall–Kier alpha value is -2.41. The van der Waals surface area contributed by atoms with Gasteiger partial charge >= 0.3 is 5.97 Å². The fourth-order valence-electron chi connectivity index (χ4n) is 5.74. The maximum atomic E-state index is 12.5. The average Bonchev–Trinajstić information content (AvgIpc) is 3.43. The van der Waals surface area contributed by atoms with E-state index in [1.54, 1.807) is 14.2 Å². The van der Waals surface area contributed by atoms with Gasteiger partial charge in [-0.2, -0.15) is 8.42 Å². The van der Waals surface area contributed by atoms with Crippen molar-refractivity contribution in [1.29, 1.82) is 0 Å². The van der Waals surface area contributed by atoms with Crippen LogP contribution >= 0.6 is 0 Å². The van der Waals surface area contributed by atoms with Crippen LogP contribution in [0, 0.1) is 0 Å². The van der Waals surface area contributed by atoms with Gasteiger partial charge in [0.2, 0.25) is 5.91 Å². The van der Waals surface area contributed by atoms with E-state index in [2.05, 4.69) is 4.90 Å². The molecule has 0 radical (unpaired) electrons. The summed E-state index contributed by atoms with van der Waals surface area (Å²) in [5, 5.41) is 0. The Morgan fingerprint density at radius 1 is 1.02 bits per heavy atom. The zero-order chi connectivity index (χ0) is 30.5. The second kappa shape index (κ2) is 17.0. The summed E-state index contributed by atoms with van der Waals surface area (Å²) < 4.78 is 53.4. The highest BCUT2D eigenvalue weighted by atomic mass is 32.2. The van der Waals surface area contributed by atoms with E-state index in [1.807, 2.05) is 18.2 Å². The predicted molar refractivity (Wildman–Crippen MR) is 158 cm³/mol. The molecule has 12 heteroatoms. The van der Waals surface area contributed by atoms with Crippen LogP contribution in [0.3, 0.4) is 0 Å². The molecular formula is C30H48N2O9S. The molecule has 3 atom stereocenters. The van der Waals surface area contributed by atoms with Crippen LogP contribution in [-0.2, 0) is 35.6 Å². The Labute approximate surface area is 250 Å². The first-order valence-electron chi connectivity index (χ1n) is 15.0. The van der Waals surface area contributed by atoms with Gasteiger partial charge in [0.15, 0.2) is 11.5 Å². The lowest BCUT2D eigenvalue weighted by molar-refractivity contribution is -0.148. The molecule has 1 aromatic rings. The van der Waals surface area contributed by atoms with Crippen LogP contribution in [0.25, 0.3) is 0 Å². The van der Waals surface area contributed by atoms with Gasteiger partial charge in [-0.05, 0) is 56.2 Å². The van der Waals surface area contributed by atoms with Crippen molar-refractivity contribution in [3.8, 4) is 11.5 Å². The Kier molecular flexibility index (Phi) is 13.8. The molecule has 1 saturated carbocycles. The molecule has 0 unspecified atom stereocenters. The molecule has 1 heterocycles. The number of carbonyl (C=O) groups is 2. The lowest BCUT2D eigenvalue weighted by atomic mass is 9.91. The number of rotatable bonds is 17. The molecule has 1 N–H and O–H groups in total. The zero-order valence-electron chi connectivity index (χ0n) is 25.3. The van der Waals surface area contributed by atoms with Crippen LogP contribution in [-0.4, -0.2) is 106 Å². The van der Waals surface area contributed by atoms with Crippen LogP contribution in [0.2, 0.25) is 0 Å². The van der Waals surface area contributed by atoms with E-state index in [0.29, 0.717) is 44.1 Å². The smallest absolute Gasteiger partial charge is 0.306 e. The van der Waals surface area contributed by atoms with Gasteiger partial charge < -0.3 is 23.8 Å². The molecule has 1 aromatic carbocycles. The number of hydrogen-bond donors (Lipinski definition) is 1. The van der Waals surface area contributed by atoms with Crippen molar-refractivity contribution in [2.45, 2.75) is 88.9 Å². The van der Waals surface area contributed by atoms with Crippen molar-refractivity contribution < 1.29 is 41.5 Å². The number of hydrogen-bond acceptors (Lipinski definition) is 9. The second-order valence-corrected chi connectivity index (χ2v) is 12.8. The highest BCUT2D eigenvalue weighted by molar-refractivity contribution is 7.85. The molecule has 1 amide bonds. The molecule has 2 aliphatic rings. The zero-order valence-corrected chi connectivity index (χ0v) is 26.1. The topological polar surface area (TPSA) is 132 Å². The standard InChI is InChI=1S/C30H48N2O9S/c1-31(18-20-42(35,36)37)29(33)11-5-4-6-12-30(34)41-24-15-17-32(22-24)25-9-7-8-10-26(25)40-19-16-23-13-14-27(38-2)28(21-23)39-3/h13-14,21,24-26H,4-12,15-20,22H2,1-3H3,(H,35,36,37)/t24-,25-,26-/m0/s1. The summed E-state index contributed by atoms with van der Waals surface area (Å²) in [7, 11) is 0.685. The number of likely N-dealkylation sites (tertiary alicyclic amines) is 1. The highest BCUT2D eigenvalue weighted by Crippen LogP contribution is 2.30. The molecule has 1 saturated heterocycles. The van der Waals surface area contributed by atoms with Crippen LogP contribution in [0.1, 0.15) is 69.8 Å². The lowest BCUT2D eigenvalue weighted by Crippen LogP contribution is -2.46. The predicted octanol–water partition coefficient (Wildman–Crippen LogP) is 3.49. The van der Waals surface area contributed by atoms with E-state index < -0.39 is 15.9 Å². The summed E-state index contributed by atoms with van der Waals surface area (Å²) >= 11 is 0. The van der Waals surface area contributed by atoms with Gasteiger partial charge in [-0.15, -0.1) is 0 Å². The van der Waals surface area contributed by atoms with Gasteiger partial charge in [-0.3, -0.25) is 19.0 Å². The van der Waals surface area contributed by atoms with Crippen molar-refractivity contribution in [3.05, 3.63) is 23.8 Å². The number of carbonyl (C=O) groups excluding carboxylic acids is 2. The largest absolute Gasteiger partial charge is 0.493 e. The molecule has 238 valence electrons. The minimum atomic E-state index is -4.09. The van der Waals surface area contributed by atoms with Crippen LogP contribution < -0.4 is 9.47 Å². The number of methoxy groups -OCH3 is 2. The van der Waals surface area contributed by atoms with Crippen molar-refractivity contribution >= 4 is 22.0 Å². The Balaban J connectivity index is 1.33. The molecule has 2 fully saturated rings. The monoisotopic (exact) mass is 612 g/mol. The highest BCUT2D eigenvalue weighted by Gasteiger charge is 2.36. The van der Waals surface area contributed by atoms with Crippen molar-refractivity contribution in [3.63, 3.8) is 0 Å². The third-order valence-corrected chi connectivity index (χ3v) is 8.86. The van der Waals surface area contributed by atoms with Crippen LogP contribution in [0.4, 0.5) is 0 Å². The van der Waals surface area contributed by atoms with E-state index in [1.165, 1.54) is 18.4 Å². The molecule has 0 bridgehead atoms. The van der Waals surface area contributed by atoms with Gasteiger partial charge in [-0.25, -0.2) is 0 Å². The minimum absolute atomic E-state index is 0.0462. The summed E-state index contributed by atoms with van der Waals surface area (Å²) in [5.74, 6) is 0.572. The van der Waals surface area contributed by atoms with E-state index in [0.717, 1.165) is 56.5 Å². The van der Waals surface area contributed by atoms with E-state index >= 15 is 0 Å². The van der Waals surface area contributed by atoms with Gasteiger partial charge in [0.25, 0.3) is 10.1 Å². The number of esters is 1. The summed E-state index contributed by atoms with van der Waals surface area (Å²) in [6, 6.07) is 6.29. The van der Waals surface area contributed by atoms with E-state index in [9.17, 15) is 18.0 Å². The number of nitrogens with zero attached hydrogens (tertiary/aromatic N) is 2. The maximum absolute atomic E-state index is 12.5. The summed E-state index contributed by atoms with van der Waals surface area (Å²) in [6.45, 7) is 2.21. The number of ether oxygens (including phenoxy) is 4.